The van der Waals surface area contributed by atoms with Crippen molar-refractivity contribution >= 4 is 43.1 Å². The zero-order valence-electron chi connectivity index (χ0n) is 32.7. The van der Waals surface area contributed by atoms with Gasteiger partial charge in [0.2, 0.25) is 0 Å². The maximum atomic E-state index is 9.36. The first-order valence-electron chi connectivity index (χ1n) is 19.3. The molecule has 0 saturated carbocycles. The molecule has 9 aromatic carbocycles. The molecule has 1 nitrogen and oxygen atoms in total. The third kappa shape index (κ3) is 3.62. The molecule has 1 aliphatic heterocycles. The molecule has 9 aromatic rings. The van der Waals surface area contributed by atoms with Crippen LogP contribution in [0.1, 0.15) is 12.3 Å². The van der Waals surface area contributed by atoms with Crippen molar-refractivity contribution in [2.45, 2.75) is 0 Å². The van der Waals surface area contributed by atoms with Gasteiger partial charge >= 0.3 is 0 Å². The smallest absolute Gasteiger partial charge is 0.135 e. The van der Waals surface area contributed by atoms with E-state index in [2.05, 4.69) is 24.3 Å². The summed E-state index contributed by atoms with van der Waals surface area (Å²) in [5, 5.41) is 2.37. The van der Waals surface area contributed by atoms with Crippen LogP contribution in [0, 0.1) is 0 Å². The van der Waals surface area contributed by atoms with Crippen molar-refractivity contribution in [3.05, 3.63) is 158 Å². The van der Waals surface area contributed by atoms with Crippen molar-refractivity contribution in [3.8, 4) is 56.0 Å². The van der Waals surface area contributed by atoms with Crippen molar-refractivity contribution < 1.29 is 17.1 Å². The lowest BCUT2D eigenvalue weighted by Crippen LogP contribution is -1.97. The summed E-state index contributed by atoms with van der Waals surface area (Å²) in [5.41, 5.74) is 6.23. The molecule has 0 bridgehead atoms. The van der Waals surface area contributed by atoms with Gasteiger partial charge in [-0.25, -0.2) is 0 Å². The summed E-state index contributed by atoms with van der Waals surface area (Å²) in [7, 11) is 0. The van der Waals surface area contributed by atoms with Crippen LogP contribution in [0.2, 0.25) is 0 Å². The standard InChI is InChI=1S/C44H26O/c1-2-7-27(8-3-1)34-22-19-32(35-21-17-31-16-15-29-9-4-10-30-18-23-37(35)44(31)42(29)30)25-38(34)33-20-24-40-39(26-33)36-13-5-11-28-12-6-14-41(45-40)43(28)36/h1-26H/i4D,9D,10D,15D,16D,17D,18D,21D,23D. The van der Waals surface area contributed by atoms with Crippen LogP contribution >= 0.6 is 0 Å². The molecule has 0 saturated heterocycles. The van der Waals surface area contributed by atoms with E-state index in [1.165, 1.54) is 0 Å². The van der Waals surface area contributed by atoms with Crippen LogP contribution in [0.4, 0.5) is 0 Å². The van der Waals surface area contributed by atoms with Crippen LogP contribution in [-0.4, -0.2) is 0 Å². The van der Waals surface area contributed by atoms with E-state index in [9.17, 15) is 4.11 Å². The molecule has 0 N–H and O–H groups in total. The zero-order chi connectivity index (χ0) is 37.3. The fourth-order valence-electron chi connectivity index (χ4n) is 6.82. The average molecular weight is 580 g/mol. The van der Waals surface area contributed by atoms with Crippen molar-refractivity contribution in [1.82, 2.24) is 0 Å². The Labute approximate surface area is 273 Å². The second kappa shape index (κ2) is 9.29. The quantitative estimate of drug-likeness (QED) is 0.189. The molecule has 10 rings (SSSR count). The summed E-state index contributed by atoms with van der Waals surface area (Å²) in [6.07, 6.45) is 0. The summed E-state index contributed by atoms with van der Waals surface area (Å²) in [6, 6.07) is 30.5. The second-order valence-corrected chi connectivity index (χ2v) is 11.3. The van der Waals surface area contributed by atoms with Gasteiger partial charge in [-0.15, -0.1) is 0 Å². The molecule has 208 valence electrons. The summed E-state index contributed by atoms with van der Waals surface area (Å²) >= 11 is 0. The Morgan fingerprint density at radius 2 is 1.09 bits per heavy atom. The van der Waals surface area contributed by atoms with Gasteiger partial charge in [-0.05, 0) is 101 Å². The molecule has 1 aliphatic rings. The van der Waals surface area contributed by atoms with Gasteiger partial charge in [0.25, 0.3) is 0 Å². The summed E-state index contributed by atoms with van der Waals surface area (Å²) in [6.45, 7) is 0. The molecule has 0 radical (unpaired) electrons. The van der Waals surface area contributed by atoms with Crippen LogP contribution in [0.25, 0.3) is 87.6 Å². The van der Waals surface area contributed by atoms with E-state index < -0.39 is 30.2 Å². The third-order valence-electron chi connectivity index (χ3n) is 8.87. The topological polar surface area (TPSA) is 9.23 Å². The van der Waals surface area contributed by atoms with E-state index in [1.807, 2.05) is 78.9 Å². The van der Waals surface area contributed by atoms with Crippen molar-refractivity contribution in [1.29, 1.82) is 0 Å². The molecule has 0 fully saturated rings. The maximum absolute atomic E-state index is 9.36. The number of ether oxygens (including phenoxy) is 1. The van der Waals surface area contributed by atoms with Crippen molar-refractivity contribution in [3.63, 3.8) is 0 Å². The van der Waals surface area contributed by atoms with Gasteiger partial charge in [0, 0.05) is 10.9 Å². The molecule has 0 amide bonds. The normalized spacial score (nSPS) is 15.0. The Bertz CT molecular complexity index is 3090. The minimum atomic E-state index is -0.495. The van der Waals surface area contributed by atoms with Crippen LogP contribution in [0.15, 0.2) is 158 Å². The predicted octanol–water partition coefficient (Wildman–Crippen LogP) is 12.5. The minimum Gasteiger partial charge on any atom is -0.456 e. The Kier molecular flexibility index (Phi) is 3.59. The number of fused-ring (bicyclic) bond motifs is 2. The summed E-state index contributed by atoms with van der Waals surface area (Å²) in [5.74, 6) is 1.52. The number of hydrogen-bond donors (Lipinski definition) is 0. The van der Waals surface area contributed by atoms with Crippen LogP contribution in [0.5, 0.6) is 11.5 Å². The van der Waals surface area contributed by atoms with E-state index in [4.69, 9.17) is 13.0 Å². The highest BCUT2D eigenvalue weighted by Crippen LogP contribution is 2.49. The lowest BCUT2D eigenvalue weighted by Gasteiger charge is -2.22. The van der Waals surface area contributed by atoms with Crippen molar-refractivity contribution in [2.24, 2.45) is 0 Å². The van der Waals surface area contributed by atoms with E-state index in [1.54, 1.807) is 0 Å². The average Bonchev–Trinajstić information content (AvgIpc) is 3.19. The van der Waals surface area contributed by atoms with E-state index in [0.29, 0.717) is 5.56 Å². The molecule has 0 aliphatic carbocycles. The Balaban J connectivity index is 1.30. The Hall–Kier alpha value is -5.92. The van der Waals surface area contributed by atoms with E-state index in [0.717, 1.165) is 55.7 Å². The van der Waals surface area contributed by atoms with Gasteiger partial charge in [0.1, 0.15) is 11.5 Å². The largest absolute Gasteiger partial charge is 0.456 e. The Morgan fingerprint density at radius 1 is 0.378 bits per heavy atom. The lowest BCUT2D eigenvalue weighted by molar-refractivity contribution is 0.487. The molecular formula is C44H26O. The molecule has 0 spiro atoms. The van der Waals surface area contributed by atoms with Crippen LogP contribution < -0.4 is 4.74 Å². The highest BCUT2D eigenvalue weighted by molar-refractivity contribution is 6.25. The first kappa shape index (κ1) is 17.4. The zero-order valence-corrected chi connectivity index (χ0v) is 23.7. The lowest BCUT2D eigenvalue weighted by atomic mass is 9.86. The maximum Gasteiger partial charge on any atom is 0.135 e. The first-order valence-corrected chi connectivity index (χ1v) is 14.8. The molecular weight excluding hydrogens is 544 g/mol. The highest BCUT2D eigenvalue weighted by atomic mass is 16.5. The predicted molar refractivity (Wildman–Crippen MR) is 189 cm³/mol. The fraction of sp³-hybridized carbons (Fsp3) is 0. The van der Waals surface area contributed by atoms with Crippen LogP contribution in [0.3, 0.4) is 0 Å². The highest BCUT2D eigenvalue weighted by Gasteiger charge is 2.21. The molecule has 1 heteroatoms. The van der Waals surface area contributed by atoms with E-state index >= 15 is 0 Å². The Morgan fingerprint density at radius 3 is 1.96 bits per heavy atom. The summed E-state index contributed by atoms with van der Waals surface area (Å²) in [4.78, 5) is 0. The van der Waals surface area contributed by atoms with Gasteiger partial charge in [-0.1, -0.05) is 133 Å². The monoisotopic (exact) mass is 579 g/mol. The van der Waals surface area contributed by atoms with Crippen LogP contribution in [-0.2, 0) is 0 Å². The van der Waals surface area contributed by atoms with Gasteiger partial charge < -0.3 is 4.74 Å². The minimum absolute atomic E-state index is 0.0449. The first-order chi connectivity index (χ1) is 26.1. The molecule has 1 heterocycles. The molecule has 0 unspecified atom stereocenters. The summed E-state index contributed by atoms with van der Waals surface area (Å²) < 4.78 is 86.9. The number of benzene rings is 9. The second-order valence-electron chi connectivity index (χ2n) is 11.3. The van der Waals surface area contributed by atoms with Gasteiger partial charge in [0.05, 0.1) is 12.3 Å². The van der Waals surface area contributed by atoms with E-state index in [-0.39, 0.29) is 62.1 Å². The van der Waals surface area contributed by atoms with Gasteiger partial charge in [0.15, 0.2) is 0 Å². The third-order valence-corrected chi connectivity index (χ3v) is 8.87. The van der Waals surface area contributed by atoms with Crippen molar-refractivity contribution in [2.75, 3.05) is 0 Å². The number of hydrogen-bond acceptors (Lipinski definition) is 1. The number of rotatable bonds is 3. The molecule has 0 atom stereocenters. The molecule has 0 aromatic heterocycles. The molecule has 45 heavy (non-hydrogen) atoms. The van der Waals surface area contributed by atoms with Gasteiger partial charge in [-0.2, -0.15) is 0 Å². The SMILES string of the molecule is [2H]c1c([2H])c2c([2H])c([2H])c3c([2H])c([2H])c(-c4ccc(-c5ccccc5)c(-c5ccc6c(c5)-c5cccc7cccc(c57)O6)c4)c4c([2H])c([2H])c(c1[2H])c2c34. The fourth-order valence-corrected chi connectivity index (χ4v) is 6.82. The van der Waals surface area contributed by atoms with Gasteiger partial charge in [-0.3, -0.25) is 0 Å².